The van der Waals surface area contributed by atoms with Crippen LogP contribution in [0.1, 0.15) is 11.4 Å². The number of benzene rings is 1. The zero-order valence-electron chi connectivity index (χ0n) is 10.6. The van der Waals surface area contributed by atoms with Gasteiger partial charge in [0.15, 0.2) is 5.65 Å². The highest BCUT2D eigenvalue weighted by atomic mass is 35.5. The topological polar surface area (TPSA) is 30.7 Å². The van der Waals surface area contributed by atoms with Crippen molar-refractivity contribution in [2.24, 2.45) is 0 Å². The highest BCUT2D eigenvalue weighted by Gasteiger charge is 2.17. The molecule has 0 aliphatic heterocycles. The smallest absolute Gasteiger partial charge is 0.164 e. The van der Waals surface area contributed by atoms with Crippen LogP contribution in [0.5, 0.6) is 0 Å². The maximum Gasteiger partial charge on any atom is 0.164 e. The second-order valence-electron chi connectivity index (χ2n) is 4.40. The molecule has 0 N–H and O–H groups in total. The van der Waals surface area contributed by atoms with E-state index in [4.69, 9.17) is 23.2 Å². The Morgan fingerprint density at radius 2 is 2.15 bits per heavy atom. The molecule has 3 rings (SSSR count). The van der Waals surface area contributed by atoms with Crippen molar-refractivity contribution in [3.8, 4) is 5.69 Å². The van der Waals surface area contributed by atoms with E-state index >= 15 is 0 Å². The molecule has 0 saturated carbocycles. The molecule has 0 spiro atoms. The van der Waals surface area contributed by atoms with Gasteiger partial charge in [-0.1, -0.05) is 23.7 Å². The molecule has 0 atom stereocenters. The summed E-state index contributed by atoms with van der Waals surface area (Å²) >= 11 is 11.8. The highest BCUT2D eigenvalue weighted by molar-refractivity contribution is 6.31. The number of rotatable bonds is 2. The van der Waals surface area contributed by atoms with Crippen LogP contribution in [0, 0.1) is 12.7 Å². The zero-order chi connectivity index (χ0) is 14.3. The molecule has 3 nitrogen and oxygen atoms in total. The molecule has 0 fully saturated rings. The molecule has 0 bridgehead atoms. The van der Waals surface area contributed by atoms with Crippen molar-refractivity contribution >= 4 is 34.4 Å². The van der Waals surface area contributed by atoms with Crippen LogP contribution in [-0.2, 0) is 5.88 Å². The lowest BCUT2D eigenvalue weighted by atomic mass is 10.2. The minimum Gasteiger partial charge on any atom is -0.276 e. The van der Waals surface area contributed by atoms with E-state index in [1.54, 1.807) is 16.7 Å². The maximum absolute atomic E-state index is 14.2. The lowest BCUT2D eigenvalue weighted by Crippen LogP contribution is -2.05. The summed E-state index contributed by atoms with van der Waals surface area (Å²) in [5.41, 5.74) is 2.34. The molecule has 102 valence electrons. The van der Waals surface area contributed by atoms with Gasteiger partial charge in [0.1, 0.15) is 17.2 Å². The average Bonchev–Trinajstić information content (AvgIpc) is 2.76. The summed E-state index contributed by atoms with van der Waals surface area (Å²) in [6.45, 7) is 1.83. The van der Waals surface area contributed by atoms with Gasteiger partial charge in [-0.15, -0.1) is 11.6 Å². The van der Waals surface area contributed by atoms with Crippen LogP contribution in [0.2, 0.25) is 5.02 Å². The van der Waals surface area contributed by atoms with Crippen LogP contribution in [0.4, 0.5) is 4.39 Å². The second kappa shape index (κ2) is 5.04. The fraction of sp³-hybridized carbons (Fsp3) is 0.143. The number of hydrogen-bond acceptors (Lipinski definition) is 2. The van der Waals surface area contributed by atoms with Crippen LogP contribution in [0.15, 0.2) is 30.5 Å². The van der Waals surface area contributed by atoms with E-state index in [9.17, 15) is 4.39 Å². The van der Waals surface area contributed by atoms with Crippen molar-refractivity contribution in [3.63, 3.8) is 0 Å². The van der Waals surface area contributed by atoms with Gasteiger partial charge in [-0.2, -0.15) is 0 Å². The quantitative estimate of drug-likeness (QED) is 0.662. The fourth-order valence-electron chi connectivity index (χ4n) is 2.22. The minimum absolute atomic E-state index is 0.155. The first-order chi connectivity index (χ1) is 9.61. The van der Waals surface area contributed by atoms with Crippen molar-refractivity contribution in [2.45, 2.75) is 12.8 Å². The lowest BCUT2D eigenvalue weighted by Gasteiger charge is -2.11. The molecule has 6 heteroatoms. The largest absolute Gasteiger partial charge is 0.276 e. The van der Waals surface area contributed by atoms with E-state index in [1.807, 2.05) is 13.0 Å². The first-order valence-electron chi connectivity index (χ1n) is 5.96. The van der Waals surface area contributed by atoms with Gasteiger partial charge in [0.2, 0.25) is 0 Å². The third kappa shape index (κ3) is 2.05. The molecule has 0 saturated heterocycles. The number of halogens is 3. The van der Waals surface area contributed by atoms with E-state index < -0.39 is 0 Å². The SMILES string of the molecule is Cc1cccc(F)c1-n1c(CCl)nc2cc(Cl)cnc21. The number of fused-ring (bicyclic) bond motifs is 1. The Hall–Kier alpha value is -1.65. The average molecular weight is 310 g/mol. The first-order valence-corrected chi connectivity index (χ1v) is 6.87. The number of para-hydroxylation sites is 1. The molecule has 0 aliphatic rings. The minimum atomic E-state index is -0.340. The Morgan fingerprint density at radius 3 is 2.85 bits per heavy atom. The van der Waals surface area contributed by atoms with Gasteiger partial charge >= 0.3 is 0 Å². The molecular weight excluding hydrogens is 300 g/mol. The number of nitrogens with zero attached hydrogens (tertiary/aromatic N) is 3. The highest BCUT2D eigenvalue weighted by Crippen LogP contribution is 2.26. The number of hydrogen-bond donors (Lipinski definition) is 0. The monoisotopic (exact) mass is 309 g/mol. The Labute approximate surface area is 125 Å². The van der Waals surface area contributed by atoms with E-state index in [2.05, 4.69) is 9.97 Å². The Bertz CT molecular complexity index is 778. The van der Waals surface area contributed by atoms with Crippen molar-refractivity contribution in [2.75, 3.05) is 0 Å². The summed E-state index contributed by atoms with van der Waals surface area (Å²) in [4.78, 5) is 8.62. The van der Waals surface area contributed by atoms with Gasteiger partial charge in [-0.05, 0) is 24.6 Å². The standard InChI is InChI=1S/C14H10Cl2FN3/c1-8-3-2-4-10(17)13(8)20-12(6-15)19-11-5-9(16)7-18-14(11)20/h2-5,7H,6H2,1H3. The van der Waals surface area contributed by atoms with Crippen LogP contribution >= 0.6 is 23.2 Å². The fourth-order valence-corrected chi connectivity index (χ4v) is 2.55. The van der Waals surface area contributed by atoms with E-state index in [1.165, 1.54) is 12.3 Å². The number of aryl methyl sites for hydroxylation is 1. The molecule has 0 aliphatic carbocycles. The molecular formula is C14H10Cl2FN3. The summed E-state index contributed by atoms with van der Waals surface area (Å²) in [7, 11) is 0. The first kappa shape index (κ1) is 13.3. The summed E-state index contributed by atoms with van der Waals surface area (Å²) in [6.07, 6.45) is 1.51. The van der Waals surface area contributed by atoms with Gasteiger partial charge in [-0.25, -0.2) is 14.4 Å². The lowest BCUT2D eigenvalue weighted by molar-refractivity contribution is 0.615. The van der Waals surface area contributed by atoms with Gasteiger partial charge in [0.25, 0.3) is 0 Å². The third-order valence-electron chi connectivity index (χ3n) is 3.06. The van der Waals surface area contributed by atoms with Gasteiger partial charge in [0, 0.05) is 6.20 Å². The normalized spacial score (nSPS) is 11.2. The summed E-state index contributed by atoms with van der Waals surface area (Å²) < 4.78 is 15.8. The molecule has 3 aromatic rings. The van der Waals surface area contributed by atoms with E-state index in [0.717, 1.165) is 5.56 Å². The van der Waals surface area contributed by atoms with Crippen molar-refractivity contribution in [1.29, 1.82) is 0 Å². The third-order valence-corrected chi connectivity index (χ3v) is 3.51. The Kier molecular flexibility index (Phi) is 3.36. The van der Waals surface area contributed by atoms with Crippen LogP contribution in [0.25, 0.3) is 16.9 Å². The van der Waals surface area contributed by atoms with Crippen molar-refractivity contribution < 1.29 is 4.39 Å². The summed E-state index contributed by atoms with van der Waals surface area (Å²) in [5.74, 6) is 0.346. The van der Waals surface area contributed by atoms with Gasteiger partial charge in [-0.3, -0.25) is 4.57 Å². The van der Waals surface area contributed by atoms with Crippen molar-refractivity contribution in [3.05, 3.63) is 52.7 Å². The second-order valence-corrected chi connectivity index (χ2v) is 5.10. The zero-order valence-corrected chi connectivity index (χ0v) is 12.1. The number of aromatic nitrogens is 3. The van der Waals surface area contributed by atoms with Crippen LogP contribution in [0.3, 0.4) is 0 Å². The molecule has 2 aromatic heterocycles. The molecule has 20 heavy (non-hydrogen) atoms. The number of imidazole rings is 1. The van der Waals surface area contributed by atoms with Crippen molar-refractivity contribution in [1.82, 2.24) is 14.5 Å². The van der Waals surface area contributed by atoms with E-state index in [0.29, 0.717) is 27.7 Å². The molecule has 0 amide bonds. The molecule has 0 radical (unpaired) electrons. The molecule has 1 aromatic carbocycles. The number of alkyl halides is 1. The predicted molar refractivity (Wildman–Crippen MR) is 78.1 cm³/mol. The number of pyridine rings is 1. The molecule has 2 heterocycles. The summed E-state index contributed by atoms with van der Waals surface area (Å²) in [6, 6.07) is 6.59. The summed E-state index contributed by atoms with van der Waals surface area (Å²) in [5, 5.41) is 0.480. The van der Waals surface area contributed by atoms with Crippen LogP contribution in [-0.4, -0.2) is 14.5 Å². The van der Waals surface area contributed by atoms with Gasteiger partial charge < -0.3 is 0 Å². The van der Waals surface area contributed by atoms with Gasteiger partial charge in [0.05, 0.1) is 16.6 Å². The van der Waals surface area contributed by atoms with Crippen LogP contribution < -0.4 is 0 Å². The Balaban J connectivity index is 2.40. The maximum atomic E-state index is 14.2. The predicted octanol–water partition coefficient (Wildman–Crippen LogP) is 4.26. The Morgan fingerprint density at radius 1 is 1.35 bits per heavy atom. The van der Waals surface area contributed by atoms with E-state index in [-0.39, 0.29) is 11.7 Å². The molecule has 0 unspecified atom stereocenters.